The summed E-state index contributed by atoms with van der Waals surface area (Å²) in [5.74, 6) is 3.07. The molecule has 0 spiro atoms. The molecule has 0 fully saturated rings. The molecule has 1 heterocycles. The van der Waals surface area contributed by atoms with E-state index in [2.05, 4.69) is 9.97 Å². The van der Waals surface area contributed by atoms with Crippen LogP contribution in [0.2, 0.25) is 5.28 Å². The smallest absolute Gasteiger partial charge is 0.330 e. The Hall–Kier alpha value is -1.47. The van der Waals surface area contributed by atoms with Gasteiger partial charge in [0.15, 0.2) is 11.6 Å². The minimum Gasteiger partial charge on any atom is -0.479 e. The number of hydrogen-bond donors (Lipinski definition) is 2. The average molecular weight is 249 g/mol. The Morgan fingerprint density at radius 2 is 2.25 bits per heavy atom. The van der Waals surface area contributed by atoms with Crippen LogP contribution in [0.3, 0.4) is 0 Å². The molecule has 0 aromatic carbocycles. The molecule has 0 amide bonds. The zero-order valence-corrected chi connectivity index (χ0v) is 9.36. The highest BCUT2D eigenvalue weighted by atomic mass is 35.5. The van der Waals surface area contributed by atoms with Crippen LogP contribution in [0, 0.1) is 5.82 Å². The number of aromatic nitrogens is 2. The normalized spacial score (nSPS) is 11.3. The van der Waals surface area contributed by atoms with E-state index in [1.54, 1.807) is 0 Å². The number of anilines is 1. The maximum Gasteiger partial charge on any atom is 0.330 e. The molecule has 0 saturated carbocycles. The SMILES string of the molecule is CC(C)(C(=O)O)N(N)c1nc(Cl)ncc1F. The first-order valence-corrected chi connectivity index (χ1v) is 4.61. The standard InChI is InChI=1S/C8H10ClFN4O2/c1-8(2,6(15)16)14(11)5-4(10)3-12-7(9)13-5/h3H,11H2,1-2H3,(H,15,16). The number of carboxylic acid groups (broad SMARTS) is 1. The largest absolute Gasteiger partial charge is 0.479 e. The summed E-state index contributed by atoms with van der Waals surface area (Å²) in [6.07, 6.45) is 0.822. The lowest BCUT2D eigenvalue weighted by atomic mass is 10.1. The highest BCUT2D eigenvalue weighted by molar-refractivity contribution is 6.28. The first kappa shape index (κ1) is 12.6. The number of carbonyl (C=O) groups is 1. The minimum absolute atomic E-state index is 0.215. The third-order valence-corrected chi connectivity index (χ3v) is 2.23. The van der Waals surface area contributed by atoms with Gasteiger partial charge in [-0.15, -0.1) is 0 Å². The van der Waals surface area contributed by atoms with Gasteiger partial charge in [-0.2, -0.15) is 4.98 Å². The molecule has 0 unspecified atom stereocenters. The Labute approximate surface area is 95.8 Å². The second-order valence-corrected chi connectivity index (χ2v) is 3.88. The van der Waals surface area contributed by atoms with E-state index in [9.17, 15) is 9.18 Å². The summed E-state index contributed by atoms with van der Waals surface area (Å²) in [4.78, 5) is 17.8. The van der Waals surface area contributed by atoms with Crippen LogP contribution in [0.15, 0.2) is 6.20 Å². The molecule has 88 valence electrons. The second-order valence-electron chi connectivity index (χ2n) is 3.54. The van der Waals surface area contributed by atoms with Crippen LogP contribution < -0.4 is 10.9 Å². The van der Waals surface area contributed by atoms with Gasteiger partial charge in [0, 0.05) is 0 Å². The molecule has 0 radical (unpaired) electrons. The van der Waals surface area contributed by atoms with Crippen molar-refractivity contribution in [3.05, 3.63) is 17.3 Å². The fourth-order valence-electron chi connectivity index (χ4n) is 0.874. The lowest BCUT2D eigenvalue weighted by molar-refractivity contribution is -0.142. The molecule has 16 heavy (non-hydrogen) atoms. The predicted molar refractivity (Wildman–Crippen MR) is 55.4 cm³/mol. The molecule has 1 rings (SSSR count). The highest BCUT2D eigenvalue weighted by Crippen LogP contribution is 2.22. The summed E-state index contributed by atoms with van der Waals surface area (Å²) in [6, 6.07) is 0. The van der Waals surface area contributed by atoms with Gasteiger partial charge in [-0.05, 0) is 25.4 Å². The van der Waals surface area contributed by atoms with E-state index in [4.69, 9.17) is 22.6 Å². The zero-order chi connectivity index (χ0) is 12.5. The number of hydrazine groups is 1. The van der Waals surface area contributed by atoms with E-state index in [0.29, 0.717) is 5.01 Å². The van der Waals surface area contributed by atoms with E-state index < -0.39 is 17.3 Å². The van der Waals surface area contributed by atoms with Crippen LogP contribution in [0.25, 0.3) is 0 Å². The fraction of sp³-hybridized carbons (Fsp3) is 0.375. The summed E-state index contributed by atoms with van der Waals surface area (Å²) >= 11 is 5.47. The van der Waals surface area contributed by atoms with Gasteiger partial charge in [0.05, 0.1) is 6.20 Å². The number of rotatable bonds is 3. The zero-order valence-electron chi connectivity index (χ0n) is 8.61. The lowest BCUT2D eigenvalue weighted by Crippen LogP contribution is -2.55. The Kier molecular flexibility index (Phi) is 3.30. The Balaban J connectivity index is 3.19. The fourth-order valence-corrected chi connectivity index (χ4v) is 1.00. The minimum atomic E-state index is -1.52. The van der Waals surface area contributed by atoms with Crippen LogP contribution >= 0.6 is 11.6 Å². The van der Waals surface area contributed by atoms with E-state index in [1.807, 2.05) is 0 Å². The Bertz CT molecular complexity index is 426. The molecule has 8 heteroatoms. The molecular weight excluding hydrogens is 239 g/mol. The summed E-state index contributed by atoms with van der Waals surface area (Å²) in [7, 11) is 0. The third kappa shape index (κ3) is 2.20. The van der Waals surface area contributed by atoms with Gasteiger partial charge in [-0.3, -0.25) is 5.01 Å². The molecule has 0 atom stereocenters. The van der Waals surface area contributed by atoms with Crippen LogP contribution in [0.1, 0.15) is 13.8 Å². The molecule has 0 bridgehead atoms. The van der Waals surface area contributed by atoms with E-state index in [0.717, 1.165) is 6.20 Å². The van der Waals surface area contributed by atoms with Crippen molar-refractivity contribution in [2.75, 3.05) is 5.01 Å². The Morgan fingerprint density at radius 3 is 2.75 bits per heavy atom. The van der Waals surface area contributed by atoms with Crippen LogP contribution in [-0.2, 0) is 4.79 Å². The van der Waals surface area contributed by atoms with Gasteiger partial charge in [0.25, 0.3) is 0 Å². The molecule has 0 aliphatic carbocycles. The molecule has 0 saturated heterocycles. The van der Waals surface area contributed by atoms with Crippen molar-refractivity contribution in [3.8, 4) is 0 Å². The van der Waals surface area contributed by atoms with Crippen LogP contribution in [0.5, 0.6) is 0 Å². The summed E-state index contributed by atoms with van der Waals surface area (Å²) in [5, 5.41) is 9.39. The van der Waals surface area contributed by atoms with Crippen LogP contribution in [-0.4, -0.2) is 26.6 Å². The number of hydrogen-bond acceptors (Lipinski definition) is 5. The molecule has 3 N–H and O–H groups in total. The first-order valence-electron chi connectivity index (χ1n) is 4.23. The summed E-state index contributed by atoms with van der Waals surface area (Å²) in [5.41, 5.74) is -1.52. The van der Waals surface area contributed by atoms with E-state index >= 15 is 0 Å². The van der Waals surface area contributed by atoms with E-state index in [-0.39, 0.29) is 11.1 Å². The number of aliphatic carboxylic acids is 1. The van der Waals surface area contributed by atoms with Crippen molar-refractivity contribution in [1.29, 1.82) is 0 Å². The van der Waals surface area contributed by atoms with Crippen molar-refractivity contribution in [3.63, 3.8) is 0 Å². The average Bonchev–Trinajstić information content (AvgIpc) is 2.20. The highest BCUT2D eigenvalue weighted by Gasteiger charge is 2.35. The predicted octanol–water partition coefficient (Wildman–Crippen LogP) is 0.812. The summed E-state index contributed by atoms with van der Waals surface area (Å²) in [6.45, 7) is 2.62. The Morgan fingerprint density at radius 1 is 1.69 bits per heavy atom. The topological polar surface area (TPSA) is 92.3 Å². The molecule has 1 aromatic heterocycles. The van der Waals surface area contributed by atoms with Gasteiger partial charge < -0.3 is 5.11 Å². The van der Waals surface area contributed by atoms with Gasteiger partial charge in [-0.1, -0.05) is 0 Å². The van der Waals surface area contributed by atoms with Crippen molar-refractivity contribution >= 4 is 23.4 Å². The first-order chi connectivity index (χ1) is 7.26. The molecule has 1 aromatic rings. The van der Waals surface area contributed by atoms with Crippen molar-refractivity contribution in [1.82, 2.24) is 9.97 Å². The molecule has 6 nitrogen and oxygen atoms in total. The molecular formula is C8H10ClFN4O2. The number of nitrogens with two attached hydrogens (primary N) is 1. The molecule has 0 aliphatic rings. The van der Waals surface area contributed by atoms with Crippen molar-refractivity contribution < 1.29 is 14.3 Å². The number of nitrogens with zero attached hydrogens (tertiary/aromatic N) is 3. The lowest BCUT2D eigenvalue weighted by Gasteiger charge is -2.31. The van der Waals surface area contributed by atoms with Gasteiger partial charge >= 0.3 is 5.97 Å². The monoisotopic (exact) mass is 248 g/mol. The summed E-state index contributed by atoms with van der Waals surface area (Å²) < 4.78 is 13.3. The quantitative estimate of drug-likeness (QED) is 0.467. The molecule has 0 aliphatic heterocycles. The van der Waals surface area contributed by atoms with Crippen molar-refractivity contribution in [2.45, 2.75) is 19.4 Å². The second kappa shape index (κ2) is 4.18. The van der Waals surface area contributed by atoms with Gasteiger partial charge in [0.1, 0.15) is 5.54 Å². The van der Waals surface area contributed by atoms with Gasteiger partial charge in [-0.25, -0.2) is 20.0 Å². The number of halogens is 2. The van der Waals surface area contributed by atoms with E-state index in [1.165, 1.54) is 13.8 Å². The third-order valence-electron chi connectivity index (χ3n) is 2.05. The van der Waals surface area contributed by atoms with Gasteiger partial charge in [0.2, 0.25) is 5.28 Å². The maximum atomic E-state index is 13.3. The maximum absolute atomic E-state index is 13.3. The van der Waals surface area contributed by atoms with Crippen molar-refractivity contribution in [2.24, 2.45) is 5.84 Å². The number of carboxylic acids is 1. The van der Waals surface area contributed by atoms with Crippen LogP contribution in [0.4, 0.5) is 10.2 Å².